The Morgan fingerprint density at radius 2 is 2.09 bits per heavy atom. The lowest BCUT2D eigenvalue weighted by molar-refractivity contribution is 0.248. The van der Waals surface area contributed by atoms with E-state index in [1.54, 1.807) is 0 Å². The highest BCUT2D eigenvalue weighted by Gasteiger charge is 2.23. The van der Waals surface area contributed by atoms with Gasteiger partial charge in [0, 0.05) is 0 Å². The highest BCUT2D eigenvalue weighted by molar-refractivity contribution is 5.91. The van der Waals surface area contributed by atoms with Gasteiger partial charge >= 0.3 is 6.03 Å². The molecule has 22 heavy (non-hydrogen) atoms. The maximum atomic E-state index is 13.1. The van der Waals surface area contributed by atoms with Crippen molar-refractivity contribution in [1.29, 1.82) is 5.26 Å². The maximum Gasteiger partial charge on any atom is 0.319 e. The van der Waals surface area contributed by atoms with Crippen molar-refractivity contribution in [1.82, 2.24) is 5.32 Å². The highest BCUT2D eigenvalue weighted by Crippen LogP contribution is 2.30. The summed E-state index contributed by atoms with van der Waals surface area (Å²) in [6, 6.07) is 13.1. The van der Waals surface area contributed by atoms with Gasteiger partial charge in [-0.05, 0) is 42.2 Å². The quantitative estimate of drug-likeness (QED) is 0.890. The average Bonchev–Trinajstić information content (AvgIpc) is 2.92. The summed E-state index contributed by atoms with van der Waals surface area (Å²) in [5, 5.41) is 14.5. The molecule has 5 heteroatoms. The lowest BCUT2D eigenvalue weighted by Crippen LogP contribution is -2.31. The SMILES string of the molecule is N#Cc1cc(F)ccc1NC(=O)NC1CCc2ccccc21. The first-order chi connectivity index (χ1) is 10.7. The van der Waals surface area contributed by atoms with Gasteiger partial charge in [-0.15, -0.1) is 0 Å². The van der Waals surface area contributed by atoms with Crippen LogP contribution in [-0.4, -0.2) is 6.03 Å². The van der Waals surface area contributed by atoms with Crippen molar-refractivity contribution < 1.29 is 9.18 Å². The molecule has 4 nitrogen and oxygen atoms in total. The minimum Gasteiger partial charge on any atom is -0.331 e. The van der Waals surface area contributed by atoms with E-state index in [9.17, 15) is 9.18 Å². The maximum absolute atomic E-state index is 13.1. The van der Waals surface area contributed by atoms with Crippen molar-refractivity contribution in [2.45, 2.75) is 18.9 Å². The van der Waals surface area contributed by atoms with E-state index in [0.29, 0.717) is 5.69 Å². The molecule has 0 bridgehead atoms. The van der Waals surface area contributed by atoms with Gasteiger partial charge in [0.15, 0.2) is 0 Å². The molecule has 0 aromatic heterocycles. The van der Waals surface area contributed by atoms with E-state index in [0.717, 1.165) is 24.5 Å². The van der Waals surface area contributed by atoms with Gasteiger partial charge in [-0.1, -0.05) is 24.3 Å². The molecule has 2 amide bonds. The molecule has 3 rings (SSSR count). The number of hydrogen-bond acceptors (Lipinski definition) is 2. The minimum absolute atomic E-state index is 0.0396. The van der Waals surface area contributed by atoms with E-state index in [-0.39, 0.29) is 11.6 Å². The van der Waals surface area contributed by atoms with Crippen LogP contribution in [0.25, 0.3) is 0 Å². The summed E-state index contributed by atoms with van der Waals surface area (Å²) in [5.41, 5.74) is 2.76. The van der Waals surface area contributed by atoms with Gasteiger partial charge in [0.2, 0.25) is 0 Å². The predicted molar refractivity (Wildman–Crippen MR) is 80.8 cm³/mol. The molecule has 0 saturated heterocycles. The van der Waals surface area contributed by atoms with Crippen molar-refractivity contribution in [3.05, 3.63) is 65.0 Å². The average molecular weight is 295 g/mol. The number of nitriles is 1. The molecule has 2 aromatic carbocycles. The number of rotatable bonds is 2. The molecule has 2 N–H and O–H groups in total. The number of fused-ring (bicyclic) bond motifs is 1. The Morgan fingerprint density at radius 1 is 1.27 bits per heavy atom. The molecule has 1 aliphatic carbocycles. The Morgan fingerprint density at radius 3 is 2.91 bits per heavy atom. The van der Waals surface area contributed by atoms with Crippen LogP contribution in [0.2, 0.25) is 0 Å². The third-order valence-corrected chi connectivity index (χ3v) is 3.79. The van der Waals surface area contributed by atoms with Gasteiger partial charge in [0.25, 0.3) is 0 Å². The van der Waals surface area contributed by atoms with Crippen LogP contribution in [-0.2, 0) is 6.42 Å². The fourth-order valence-corrected chi connectivity index (χ4v) is 2.74. The third kappa shape index (κ3) is 2.77. The first kappa shape index (κ1) is 14.1. The molecular weight excluding hydrogens is 281 g/mol. The predicted octanol–water partition coefficient (Wildman–Crippen LogP) is 3.51. The number of nitrogens with one attached hydrogen (secondary N) is 2. The fraction of sp³-hybridized carbons (Fsp3) is 0.176. The minimum atomic E-state index is -0.507. The number of anilines is 1. The van der Waals surface area contributed by atoms with Gasteiger partial charge < -0.3 is 10.6 Å². The number of hydrogen-bond donors (Lipinski definition) is 2. The molecule has 0 radical (unpaired) electrons. The Labute approximate surface area is 127 Å². The lowest BCUT2D eigenvalue weighted by atomic mass is 10.1. The van der Waals surface area contributed by atoms with Crippen molar-refractivity contribution in [2.75, 3.05) is 5.32 Å². The molecule has 1 atom stereocenters. The van der Waals surface area contributed by atoms with E-state index < -0.39 is 11.8 Å². The highest BCUT2D eigenvalue weighted by atomic mass is 19.1. The van der Waals surface area contributed by atoms with Crippen LogP contribution < -0.4 is 10.6 Å². The van der Waals surface area contributed by atoms with E-state index in [4.69, 9.17) is 5.26 Å². The van der Waals surface area contributed by atoms with Gasteiger partial charge in [-0.25, -0.2) is 9.18 Å². The first-order valence-corrected chi connectivity index (χ1v) is 7.02. The molecule has 1 unspecified atom stereocenters. The summed E-state index contributed by atoms with van der Waals surface area (Å²) in [4.78, 5) is 12.1. The van der Waals surface area contributed by atoms with Crippen LogP contribution >= 0.6 is 0 Å². The van der Waals surface area contributed by atoms with Gasteiger partial charge in [0.05, 0.1) is 17.3 Å². The Bertz CT molecular complexity index is 767. The second-order valence-corrected chi connectivity index (χ2v) is 5.19. The molecule has 2 aromatic rings. The normalized spacial score (nSPS) is 15.7. The summed E-state index contributed by atoms with van der Waals surface area (Å²) in [5.74, 6) is -0.507. The van der Waals surface area contributed by atoms with Gasteiger partial charge in [-0.2, -0.15) is 5.26 Å². The summed E-state index contributed by atoms with van der Waals surface area (Å²) < 4.78 is 13.1. The van der Waals surface area contributed by atoms with Crippen molar-refractivity contribution >= 4 is 11.7 Å². The standard InChI is InChI=1S/C17H14FN3O/c18-13-6-8-15(12(9-13)10-19)20-17(22)21-16-7-5-11-3-1-2-4-14(11)16/h1-4,6,8-9,16H,5,7H2,(H2,20,21,22). The largest absolute Gasteiger partial charge is 0.331 e. The Balaban J connectivity index is 1.71. The summed E-state index contributed by atoms with van der Waals surface area (Å²) in [7, 11) is 0. The summed E-state index contributed by atoms with van der Waals surface area (Å²) in [6.07, 6.45) is 1.78. The number of nitrogens with zero attached hydrogens (tertiary/aromatic N) is 1. The van der Waals surface area contributed by atoms with Crippen LogP contribution in [0.1, 0.15) is 29.2 Å². The number of benzene rings is 2. The van der Waals surface area contributed by atoms with Crippen molar-refractivity contribution in [3.63, 3.8) is 0 Å². The topological polar surface area (TPSA) is 64.9 Å². The third-order valence-electron chi connectivity index (χ3n) is 3.79. The van der Waals surface area contributed by atoms with Crippen LogP contribution in [0.15, 0.2) is 42.5 Å². The molecule has 110 valence electrons. The van der Waals surface area contributed by atoms with Crippen LogP contribution in [0.4, 0.5) is 14.9 Å². The number of amides is 2. The number of urea groups is 1. The van der Waals surface area contributed by atoms with Gasteiger partial charge in [0.1, 0.15) is 11.9 Å². The fourth-order valence-electron chi connectivity index (χ4n) is 2.74. The number of carbonyl (C=O) groups is 1. The van der Waals surface area contributed by atoms with Crippen molar-refractivity contribution in [3.8, 4) is 6.07 Å². The van der Waals surface area contributed by atoms with Gasteiger partial charge in [-0.3, -0.25) is 0 Å². The number of aryl methyl sites for hydroxylation is 1. The first-order valence-electron chi connectivity index (χ1n) is 7.02. The zero-order chi connectivity index (χ0) is 15.5. The van der Waals surface area contributed by atoms with Crippen LogP contribution in [0, 0.1) is 17.1 Å². The monoisotopic (exact) mass is 295 g/mol. The lowest BCUT2D eigenvalue weighted by Gasteiger charge is -2.15. The van der Waals surface area contributed by atoms with E-state index in [2.05, 4.69) is 16.7 Å². The zero-order valence-electron chi connectivity index (χ0n) is 11.8. The molecule has 0 fully saturated rings. The van der Waals surface area contributed by atoms with E-state index in [1.165, 1.54) is 17.7 Å². The van der Waals surface area contributed by atoms with Crippen molar-refractivity contribution in [2.24, 2.45) is 0 Å². The smallest absolute Gasteiger partial charge is 0.319 e. The van der Waals surface area contributed by atoms with Crippen LogP contribution in [0.3, 0.4) is 0 Å². The number of carbonyl (C=O) groups excluding carboxylic acids is 1. The Hall–Kier alpha value is -2.87. The number of halogens is 1. The Kier molecular flexibility index (Phi) is 3.75. The second-order valence-electron chi connectivity index (χ2n) is 5.19. The molecule has 0 aliphatic heterocycles. The second kappa shape index (κ2) is 5.86. The summed E-state index contributed by atoms with van der Waals surface area (Å²) in [6.45, 7) is 0. The molecule has 1 aliphatic rings. The van der Waals surface area contributed by atoms with E-state index in [1.807, 2.05) is 24.3 Å². The molecule has 0 saturated carbocycles. The zero-order valence-corrected chi connectivity index (χ0v) is 11.8. The van der Waals surface area contributed by atoms with E-state index >= 15 is 0 Å². The van der Waals surface area contributed by atoms with Crippen LogP contribution in [0.5, 0.6) is 0 Å². The molecular formula is C17H14FN3O. The molecule has 0 spiro atoms. The summed E-state index contributed by atoms with van der Waals surface area (Å²) >= 11 is 0. The molecule has 0 heterocycles.